The van der Waals surface area contributed by atoms with Gasteiger partial charge < -0.3 is 10.5 Å². The van der Waals surface area contributed by atoms with Gasteiger partial charge in [-0.05, 0) is 24.3 Å². The highest BCUT2D eigenvalue weighted by Gasteiger charge is 2.08. The number of nitrogens with two attached hydrogens (primary N) is 1. The third-order valence-electron chi connectivity index (χ3n) is 2.25. The molecule has 0 aliphatic rings. The normalized spacial score (nSPS) is 9.83. The number of benzene rings is 2. The first kappa shape index (κ1) is 12.3. The van der Waals surface area contributed by atoms with Crippen LogP contribution >= 0.6 is 12.8 Å². The fourth-order valence-electron chi connectivity index (χ4n) is 1.43. The number of hydrogen-bond acceptors (Lipinski definition) is 3. The number of urea groups is 1. The molecule has 0 saturated carbocycles. The minimum atomic E-state index is -0.643. The molecule has 2 N–H and O–H groups in total. The molecule has 0 spiro atoms. The third kappa shape index (κ3) is 2.95. The van der Waals surface area contributed by atoms with Gasteiger partial charge in [0.15, 0.2) is 0 Å². The van der Waals surface area contributed by atoms with Gasteiger partial charge in [0.1, 0.15) is 11.5 Å². The summed E-state index contributed by atoms with van der Waals surface area (Å²) in [7, 11) is 0. The molecule has 18 heavy (non-hydrogen) atoms. The Balaban J connectivity index is 2.20. The van der Waals surface area contributed by atoms with Crippen molar-refractivity contribution in [3.05, 3.63) is 54.6 Å². The first-order valence-corrected chi connectivity index (χ1v) is 5.68. The minimum absolute atomic E-state index is 0.555. The Hall–Kier alpha value is -2.14. The number of amides is 2. The Morgan fingerprint density at radius 3 is 2.39 bits per heavy atom. The molecule has 2 amide bonds. The van der Waals surface area contributed by atoms with Crippen LogP contribution in [0.15, 0.2) is 54.6 Å². The number of anilines is 1. The molecule has 2 rings (SSSR count). The first-order chi connectivity index (χ1) is 8.66. The number of ether oxygens (including phenoxy) is 1. The molecular formula is C13H12N2O2S. The van der Waals surface area contributed by atoms with Crippen LogP contribution in [0.25, 0.3) is 0 Å². The molecule has 0 heterocycles. The van der Waals surface area contributed by atoms with Gasteiger partial charge in [0.25, 0.3) is 0 Å². The molecule has 0 bridgehead atoms. The monoisotopic (exact) mass is 260 g/mol. The molecule has 0 aliphatic carbocycles. The summed E-state index contributed by atoms with van der Waals surface area (Å²) in [5.41, 5.74) is 5.70. The SMILES string of the molecule is NC(=O)N(S)c1cccc(Oc2ccccc2)c1. The molecule has 2 aromatic carbocycles. The van der Waals surface area contributed by atoms with Crippen molar-refractivity contribution in [2.45, 2.75) is 0 Å². The molecule has 92 valence electrons. The van der Waals surface area contributed by atoms with E-state index >= 15 is 0 Å². The van der Waals surface area contributed by atoms with Gasteiger partial charge in [0, 0.05) is 6.07 Å². The van der Waals surface area contributed by atoms with Crippen molar-refractivity contribution in [3.8, 4) is 11.5 Å². The highest BCUT2D eigenvalue weighted by molar-refractivity contribution is 7.82. The number of rotatable bonds is 3. The van der Waals surface area contributed by atoms with E-state index < -0.39 is 6.03 Å². The number of hydrogen-bond donors (Lipinski definition) is 2. The van der Waals surface area contributed by atoms with Gasteiger partial charge in [-0.25, -0.2) is 9.10 Å². The molecule has 0 radical (unpaired) electrons. The van der Waals surface area contributed by atoms with Crippen molar-refractivity contribution in [1.82, 2.24) is 0 Å². The summed E-state index contributed by atoms with van der Waals surface area (Å²) < 4.78 is 6.69. The summed E-state index contributed by atoms with van der Waals surface area (Å²) in [6.07, 6.45) is 0. The van der Waals surface area contributed by atoms with Crippen LogP contribution in [0, 0.1) is 0 Å². The largest absolute Gasteiger partial charge is 0.457 e. The summed E-state index contributed by atoms with van der Waals surface area (Å²) in [6.45, 7) is 0. The van der Waals surface area contributed by atoms with Gasteiger partial charge in [0.2, 0.25) is 0 Å². The number of carbonyl (C=O) groups excluding carboxylic acids is 1. The second-order valence-electron chi connectivity index (χ2n) is 3.56. The van der Waals surface area contributed by atoms with Crippen molar-refractivity contribution in [2.75, 3.05) is 4.31 Å². The van der Waals surface area contributed by atoms with Gasteiger partial charge in [-0.2, -0.15) is 0 Å². The van der Waals surface area contributed by atoms with Gasteiger partial charge >= 0.3 is 6.03 Å². The Morgan fingerprint density at radius 2 is 1.72 bits per heavy atom. The fourth-order valence-corrected chi connectivity index (χ4v) is 1.56. The van der Waals surface area contributed by atoms with E-state index in [4.69, 9.17) is 10.5 Å². The molecule has 0 aliphatic heterocycles. The topological polar surface area (TPSA) is 55.6 Å². The average molecular weight is 260 g/mol. The smallest absolute Gasteiger partial charge is 0.329 e. The predicted molar refractivity (Wildman–Crippen MR) is 74.0 cm³/mol. The number of para-hydroxylation sites is 1. The van der Waals surface area contributed by atoms with E-state index in [-0.39, 0.29) is 0 Å². The minimum Gasteiger partial charge on any atom is -0.457 e. The number of nitrogens with zero attached hydrogens (tertiary/aromatic N) is 1. The van der Waals surface area contributed by atoms with E-state index in [9.17, 15) is 4.79 Å². The fraction of sp³-hybridized carbons (Fsp3) is 0. The van der Waals surface area contributed by atoms with Crippen LogP contribution in [0.1, 0.15) is 0 Å². The molecule has 5 heteroatoms. The molecule has 0 aromatic heterocycles. The average Bonchev–Trinajstić information content (AvgIpc) is 2.39. The van der Waals surface area contributed by atoms with Crippen LogP contribution in [0.5, 0.6) is 11.5 Å². The second kappa shape index (κ2) is 5.46. The van der Waals surface area contributed by atoms with Crippen LogP contribution in [0.3, 0.4) is 0 Å². The van der Waals surface area contributed by atoms with Crippen molar-refractivity contribution < 1.29 is 9.53 Å². The lowest BCUT2D eigenvalue weighted by molar-refractivity contribution is 0.257. The van der Waals surface area contributed by atoms with Gasteiger partial charge in [-0.15, -0.1) is 0 Å². The molecule has 2 aromatic rings. The highest BCUT2D eigenvalue weighted by Crippen LogP contribution is 2.26. The summed E-state index contributed by atoms with van der Waals surface area (Å²) in [6, 6.07) is 15.7. The van der Waals surface area contributed by atoms with E-state index in [1.165, 1.54) is 0 Å². The Labute approximate surface area is 111 Å². The molecule has 0 unspecified atom stereocenters. The Kier molecular flexibility index (Phi) is 3.74. The van der Waals surface area contributed by atoms with Crippen LogP contribution in [0.4, 0.5) is 10.5 Å². The molecule has 0 fully saturated rings. The van der Waals surface area contributed by atoms with Crippen molar-refractivity contribution in [3.63, 3.8) is 0 Å². The number of thiol groups is 1. The zero-order chi connectivity index (χ0) is 13.0. The standard InChI is InChI=1S/C13H12N2O2S/c14-13(16)15(18)10-5-4-8-12(9-10)17-11-6-2-1-3-7-11/h1-9,18H,(H2,14,16). The van der Waals surface area contributed by atoms with E-state index in [1.807, 2.05) is 30.3 Å². The summed E-state index contributed by atoms with van der Waals surface area (Å²) in [5.74, 6) is 1.33. The maximum absolute atomic E-state index is 11.0. The molecule has 0 saturated heterocycles. The van der Waals surface area contributed by atoms with E-state index in [0.29, 0.717) is 11.4 Å². The molecule has 4 nitrogen and oxygen atoms in total. The molecule has 0 atom stereocenters. The van der Waals surface area contributed by atoms with Crippen molar-refractivity contribution >= 4 is 24.5 Å². The van der Waals surface area contributed by atoms with E-state index in [2.05, 4.69) is 12.8 Å². The van der Waals surface area contributed by atoms with Gasteiger partial charge in [-0.1, -0.05) is 37.1 Å². The van der Waals surface area contributed by atoms with Crippen LogP contribution in [-0.4, -0.2) is 6.03 Å². The van der Waals surface area contributed by atoms with E-state index in [0.717, 1.165) is 10.1 Å². The maximum Gasteiger partial charge on any atom is 0.329 e. The Bertz CT molecular complexity index is 546. The highest BCUT2D eigenvalue weighted by atomic mass is 32.1. The number of carbonyl (C=O) groups is 1. The van der Waals surface area contributed by atoms with Crippen LogP contribution < -0.4 is 14.8 Å². The molecular weight excluding hydrogens is 248 g/mol. The van der Waals surface area contributed by atoms with Gasteiger partial charge in [0.05, 0.1) is 5.69 Å². The lowest BCUT2D eigenvalue weighted by Gasteiger charge is -2.13. The van der Waals surface area contributed by atoms with E-state index in [1.54, 1.807) is 24.3 Å². The van der Waals surface area contributed by atoms with Crippen LogP contribution in [0.2, 0.25) is 0 Å². The zero-order valence-electron chi connectivity index (χ0n) is 9.48. The first-order valence-electron chi connectivity index (χ1n) is 5.28. The third-order valence-corrected chi connectivity index (χ3v) is 2.68. The van der Waals surface area contributed by atoms with Crippen molar-refractivity contribution in [2.24, 2.45) is 5.73 Å². The summed E-state index contributed by atoms with van der Waals surface area (Å²) in [5, 5.41) is 0. The summed E-state index contributed by atoms with van der Waals surface area (Å²) >= 11 is 3.99. The predicted octanol–water partition coefficient (Wildman–Crippen LogP) is 3.21. The second-order valence-corrected chi connectivity index (χ2v) is 3.96. The quantitative estimate of drug-likeness (QED) is 0.832. The lowest BCUT2D eigenvalue weighted by atomic mass is 10.3. The zero-order valence-corrected chi connectivity index (χ0v) is 10.4. The number of primary amides is 1. The van der Waals surface area contributed by atoms with Crippen LogP contribution in [-0.2, 0) is 0 Å². The van der Waals surface area contributed by atoms with Crippen molar-refractivity contribution in [1.29, 1.82) is 0 Å². The maximum atomic E-state index is 11.0. The van der Waals surface area contributed by atoms with Gasteiger partial charge in [-0.3, -0.25) is 0 Å². The lowest BCUT2D eigenvalue weighted by Crippen LogP contribution is -2.27. The Morgan fingerprint density at radius 1 is 1.06 bits per heavy atom. The summed E-state index contributed by atoms with van der Waals surface area (Å²) in [4.78, 5) is 11.0.